The molecule has 0 heterocycles. The van der Waals surface area contributed by atoms with Gasteiger partial charge in [0.15, 0.2) is 0 Å². The molecule has 0 atom stereocenters. The standard InChI is InChI=1S/C28H30O7/c1-3-26(29)34-17-7-5-4-6-16-33-25-15-12-21-18-23(9-8-22(21)19-25)28(31)35-24-13-10-20(11-14-24)27(30)32-2/h8-15,18-19H,3-7,16-17H2,1-2H3. The lowest BCUT2D eigenvalue weighted by Crippen LogP contribution is -2.08. The molecule has 0 saturated carbocycles. The Hall–Kier alpha value is -3.87. The van der Waals surface area contributed by atoms with E-state index in [1.54, 1.807) is 43.3 Å². The van der Waals surface area contributed by atoms with Crippen molar-refractivity contribution < 1.29 is 33.3 Å². The quantitative estimate of drug-likeness (QED) is 0.186. The Morgan fingerprint density at radius 1 is 0.686 bits per heavy atom. The van der Waals surface area contributed by atoms with Gasteiger partial charge in [-0.3, -0.25) is 4.79 Å². The maximum Gasteiger partial charge on any atom is 0.343 e. The molecule has 0 saturated heterocycles. The molecule has 0 N–H and O–H groups in total. The molecule has 0 amide bonds. The third-order valence-corrected chi connectivity index (χ3v) is 5.39. The van der Waals surface area contributed by atoms with Gasteiger partial charge in [0.25, 0.3) is 0 Å². The summed E-state index contributed by atoms with van der Waals surface area (Å²) in [5, 5.41) is 1.86. The van der Waals surface area contributed by atoms with Gasteiger partial charge < -0.3 is 18.9 Å². The molecule has 3 aromatic rings. The van der Waals surface area contributed by atoms with E-state index in [1.807, 2.05) is 24.3 Å². The number of rotatable bonds is 12. The Bertz CT molecular complexity index is 1150. The van der Waals surface area contributed by atoms with Crippen LogP contribution in [0.15, 0.2) is 60.7 Å². The van der Waals surface area contributed by atoms with Crippen LogP contribution in [0.1, 0.15) is 59.7 Å². The third-order valence-electron chi connectivity index (χ3n) is 5.39. The summed E-state index contributed by atoms with van der Waals surface area (Å²) >= 11 is 0. The van der Waals surface area contributed by atoms with Gasteiger partial charge in [0, 0.05) is 6.42 Å². The summed E-state index contributed by atoms with van der Waals surface area (Å²) < 4.78 is 21.0. The summed E-state index contributed by atoms with van der Waals surface area (Å²) in [4.78, 5) is 35.2. The number of carbonyl (C=O) groups excluding carboxylic acids is 3. The molecule has 184 valence electrons. The van der Waals surface area contributed by atoms with Crippen LogP contribution >= 0.6 is 0 Å². The van der Waals surface area contributed by atoms with Crippen LogP contribution in [0.2, 0.25) is 0 Å². The second kappa shape index (κ2) is 13.1. The van der Waals surface area contributed by atoms with Crippen LogP contribution in [-0.2, 0) is 14.3 Å². The van der Waals surface area contributed by atoms with Crippen LogP contribution in [0.25, 0.3) is 10.8 Å². The molecular formula is C28H30O7. The summed E-state index contributed by atoms with van der Waals surface area (Å²) in [5.74, 6) is 0.0270. The number of benzene rings is 3. The molecule has 0 aromatic heterocycles. The molecule has 0 fully saturated rings. The zero-order chi connectivity index (χ0) is 25.0. The molecule has 0 aliphatic carbocycles. The van der Waals surface area contributed by atoms with Crippen molar-refractivity contribution in [3.05, 3.63) is 71.8 Å². The van der Waals surface area contributed by atoms with Crippen LogP contribution < -0.4 is 9.47 Å². The number of hydrogen-bond acceptors (Lipinski definition) is 7. The van der Waals surface area contributed by atoms with Crippen LogP contribution in [0.4, 0.5) is 0 Å². The second-order valence-corrected chi connectivity index (χ2v) is 7.97. The fourth-order valence-electron chi connectivity index (χ4n) is 3.42. The first-order chi connectivity index (χ1) is 17.0. The fourth-order valence-corrected chi connectivity index (χ4v) is 3.42. The van der Waals surface area contributed by atoms with E-state index < -0.39 is 11.9 Å². The highest BCUT2D eigenvalue weighted by Gasteiger charge is 2.11. The van der Waals surface area contributed by atoms with Gasteiger partial charge in [-0.15, -0.1) is 0 Å². The smallest absolute Gasteiger partial charge is 0.343 e. The molecule has 0 bridgehead atoms. The van der Waals surface area contributed by atoms with E-state index in [0.29, 0.717) is 36.5 Å². The van der Waals surface area contributed by atoms with E-state index >= 15 is 0 Å². The number of ether oxygens (including phenoxy) is 4. The number of carbonyl (C=O) groups is 3. The maximum atomic E-state index is 12.6. The Kier molecular flexibility index (Phi) is 9.66. The van der Waals surface area contributed by atoms with Crippen molar-refractivity contribution in [2.75, 3.05) is 20.3 Å². The van der Waals surface area contributed by atoms with Gasteiger partial charge in [-0.25, -0.2) is 9.59 Å². The molecular weight excluding hydrogens is 448 g/mol. The van der Waals surface area contributed by atoms with Crippen LogP contribution in [-0.4, -0.2) is 38.2 Å². The monoisotopic (exact) mass is 478 g/mol. The number of methoxy groups -OCH3 is 1. The van der Waals surface area contributed by atoms with Crippen molar-refractivity contribution in [1.29, 1.82) is 0 Å². The molecule has 0 spiro atoms. The lowest BCUT2D eigenvalue weighted by molar-refractivity contribution is -0.143. The molecule has 0 aliphatic heterocycles. The van der Waals surface area contributed by atoms with Crippen molar-refractivity contribution in [3.8, 4) is 11.5 Å². The highest BCUT2D eigenvalue weighted by atomic mass is 16.5. The van der Waals surface area contributed by atoms with Gasteiger partial charge in [-0.1, -0.05) is 19.1 Å². The lowest BCUT2D eigenvalue weighted by Gasteiger charge is -2.09. The van der Waals surface area contributed by atoms with E-state index in [4.69, 9.17) is 14.2 Å². The van der Waals surface area contributed by atoms with E-state index in [9.17, 15) is 14.4 Å². The van der Waals surface area contributed by atoms with E-state index in [0.717, 1.165) is 42.2 Å². The topological polar surface area (TPSA) is 88.1 Å². The van der Waals surface area contributed by atoms with Crippen molar-refractivity contribution in [2.45, 2.75) is 39.0 Å². The highest BCUT2D eigenvalue weighted by Crippen LogP contribution is 2.23. The van der Waals surface area contributed by atoms with Gasteiger partial charge in [0.1, 0.15) is 11.5 Å². The number of esters is 3. The third kappa shape index (κ3) is 7.84. The number of unbranched alkanes of at least 4 members (excludes halogenated alkanes) is 3. The molecule has 35 heavy (non-hydrogen) atoms. The predicted octanol–water partition coefficient (Wildman–Crippen LogP) is 5.74. The van der Waals surface area contributed by atoms with Crippen LogP contribution in [0, 0.1) is 0 Å². The van der Waals surface area contributed by atoms with E-state index in [-0.39, 0.29) is 5.97 Å². The Morgan fingerprint density at radius 3 is 2.03 bits per heavy atom. The lowest BCUT2D eigenvalue weighted by atomic mass is 10.1. The minimum absolute atomic E-state index is 0.152. The first-order valence-corrected chi connectivity index (χ1v) is 11.7. The minimum Gasteiger partial charge on any atom is -0.494 e. The van der Waals surface area contributed by atoms with Gasteiger partial charge in [-0.2, -0.15) is 0 Å². The normalized spacial score (nSPS) is 10.6. The van der Waals surface area contributed by atoms with Crippen molar-refractivity contribution in [3.63, 3.8) is 0 Å². The van der Waals surface area contributed by atoms with E-state index in [2.05, 4.69) is 4.74 Å². The molecule has 3 aromatic carbocycles. The molecule has 3 rings (SSSR count). The van der Waals surface area contributed by atoms with Crippen LogP contribution in [0.5, 0.6) is 11.5 Å². The van der Waals surface area contributed by atoms with Crippen molar-refractivity contribution in [1.82, 2.24) is 0 Å². The first-order valence-electron chi connectivity index (χ1n) is 11.7. The minimum atomic E-state index is -0.484. The van der Waals surface area contributed by atoms with Gasteiger partial charge in [0.2, 0.25) is 0 Å². The second-order valence-electron chi connectivity index (χ2n) is 7.97. The van der Waals surface area contributed by atoms with E-state index in [1.165, 1.54) is 7.11 Å². The molecule has 7 heteroatoms. The SMILES string of the molecule is CCC(=O)OCCCCCCOc1ccc2cc(C(=O)Oc3ccc(C(=O)OC)cc3)ccc2c1. The number of fused-ring (bicyclic) bond motifs is 1. The Labute approximate surface area is 204 Å². The average Bonchev–Trinajstić information content (AvgIpc) is 2.89. The molecule has 7 nitrogen and oxygen atoms in total. The van der Waals surface area contributed by atoms with Gasteiger partial charge in [0.05, 0.1) is 31.5 Å². The van der Waals surface area contributed by atoms with Gasteiger partial charge >= 0.3 is 17.9 Å². The molecule has 0 unspecified atom stereocenters. The average molecular weight is 479 g/mol. The number of hydrogen-bond donors (Lipinski definition) is 0. The van der Waals surface area contributed by atoms with Crippen molar-refractivity contribution in [2.24, 2.45) is 0 Å². The molecule has 0 radical (unpaired) electrons. The highest BCUT2D eigenvalue weighted by molar-refractivity contribution is 5.97. The largest absolute Gasteiger partial charge is 0.494 e. The van der Waals surface area contributed by atoms with Gasteiger partial charge in [-0.05, 0) is 85.0 Å². The summed E-state index contributed by atoms with van der Waals surface area (Å²) in [6, 6.07) is 17.3. The zero-order valence-electron chi connectivity index (χ0n) is 20.1. The summed E-state index contributed by atoms with van der Waals surface area (Å²) in [6.07, 6.45) is 4.20. The first kappa shape index (κ1) is 25.7. The zero-order valence-corrected chi connectivity index (χ0v) is 20.1. The maximum absolute atomic E-state index is 12.6. The summed E-state index contributed by atoms with van der Waals surface area (Å²) in [7, 11) is 1.31. The van der Waals surface area contributed by atoms with Crippen molar-refractivity contribution >= 4 is 28.7 Å². The molecule has 0 aliphatic rings. The fraction of sp³-hybridized carbons (Fsp3) is 0.321. The predicted molar refractivity (Wildman–Crippen MR) is 132 cm³/mol. The van der Waals surface area contributed by atoms with Crippen LogP contribution in [0.3, 0.4) is 0 Å². The Balaban J connectivity index is 1.47. The summed E-state index contributed by atoms with van der Waals surface area (Å²) in [6.45, 7) is 2.88. The Morgan fingerprint density at radius 2 is 1.31 bits per heavy atom. The summed E-state index contributed by atoms with van der Waals surface area (Å²) in [5.41, 5.74) is 0.804.